The third-order valence-electron chi connectivity index (χ3n) is 4.66. The second-order valence-electron chi connectivity index (χ2n) is 6.76. The molecular formula is C21H28N2O4S. The monoisotopic (exact) mass is 404 g/mol. The minimum absolute atomic E-state index is 0.238. The van der Waals surface area contributed by atoms with Crippen LogP contribution in [0, 0.1) is 0 Å². The van der Waals surface area contributed by atoms with Crippen molar-refractivity contribution in [2.45, 2.75) is 39.3 Å². The smallest absolute Gasteiger partial charge is 0.244 e. The molecule has 0 aliphatic carbocycles. The lowest BCUT2D eigenvalue weighted by Gasteiger charge is -2.29. The van der Waals surface area contributed by atoms with Crippen molar-refractivity contribution in [3.63, 3.8) is 0 Å². The van der Waals surface area contributed by atoms with Crippen LogP contribution in [0.2, 0.25) is 0 Å². The first-order valence-electron chi connectivity index (χ1n) is 9.20. The highest BCUT2D eigenvalue weighted by atomic mass is 32.2. The Kier molecular flexibility index (Phi) is 7.07. The van der Waals surface area contributed by atoms with Crippen LogP contribution in [0.25, 0.3) is 0 Å². The molecule has 0 spiro atoms. The molecule has 0 unspecified atom stereocenters. The fraction of sp³-hybridized carbons (Fsp3) is 0.381. The number of sulfonamides is 1. The van der Waals surface area contributed by atoms with Crippen LogP contribution in [0.15, 0.2) is 48.5 Å². The molecule has 7 heteroatoms. The lowest BCUT2D eigenvalue weighted by atomic mass is 10.0. The van der Waals surface area contributed by atoms with E-state index >= 15 is 0 Å². The van der Waals surface area contributed by atoms with E-state index in [0.29, 0.717) is 11.4 Å². The lowest BCUT2D eigenvalue weighted by molar-refractivity contribution is -0.122. The quantitative estimate of drug-likeness (QED) is 0.733. The summed E-state index contributed by atoms with van der Waals surface area (Å²) in [6.07, 6.45) is 2.04. The van der Waals surface area contributed by atoms with Crippen LogP contribution in [0.4, 0.5) is 5.69 Å². The Balaban J connectivity index is 2.20. The van der Waals surface area contributed by atoms with Crippen LogP contribution in [0.1, 0.15) is 37.9 Å². The molecule has 1 N–H and O–H groups in total. The molecule has 0 fully saturated rings. The standard InChI is InChI=1S/C21H28N2O4S/c1-6-17-7-9-18(10-8-17)15(2)22-21(24)16(3)23(28(5,25)26)19-11-13-20(27-4)14-12-19/h7-16H,6H2,1-5H3,(H,22,24)/t15-,16+/m1/s1. The van der Waals surface area contributed by atoms with E-state index in [9.17, 15) is 13.2 Å². The summed E-state index contributed by atoms with van der Waals surface area (Å²) in [5.41, 5.74) is 2.59. The average Bonchev–Trinajstić information content (AvgIpc) is 2.67. The highest BCUT2D eigenvalue weighted by Gasteiger charge is 2.29. The van der Waals surface area contributed by atoms with Gasteiger partial charge in [-0.1, -0.05) is 31.2 Å². The summed E-state index contributed by atoms with van der Waals surface area (Å²) in [6, 6.07) is 13.4. The number of anilines is 1. The van der Waals surface area contributed by atoms with E-state index in [1.165, 1.54) is 12.7 Å². The number of methoxy groups -OCH3 is 1. The van der Waals surface area contributed by atoms with Gasteiger partial charge in [-0.15, -0.1) is 0 Å². The summed E-state index contributed by atoms with van der Waals surface area (Å²) < 4.78 is 31.0. The van der Waals surface area contributed by atoms with Crippen LogP contribution in [0.5, 0.6) is 5.75 Å². The van der Waals surface area contributed by atoms with Crippen molar-refractivity contribution in [1.29, 1.82) is 0 Å². The molecule has 1 amide bonds. The summed E-state index contributed by atoms with van der Waals surface area (Å²) in [6.45, 7) is 5.54. The summed E-state index contributed by atoms with van der Waals surface area (Å²) in [5.74, 6) is 0.242. The Morgan fingerprint density at radius 1 is 1.07 bits per heavy atom. The number of hydrogen-bond acceptors (Lipinski definition) is 4. The molecule has 0 saturated carbocycles. The predicted molar refractivity (Wildman–Crippen MR) is 112 cm³/mol. The van der Waals surface area contributed by atoms with Gasteiger partial charge in [0.05, 0.1) is 25.1 Å². The molecule has 152 valence electrons. The summed E-state index contributed by atoms with van der Waals surface area (Å²) in [7, 11) is -2.12. The molecule has 28 heavy (non-hydrogen) atoms. The average molecular weight is 405 g/mol. The Morgan fingerprint density at radius 3 is 2.11 bits per heavy atom. The van der Waals surface area contributed by atoms with Gasteiger partial charge in [0.15, 0.2) is 0 Å². The number of rotatable bonds is 8. The first kappa shape index (κ1) is 21.8. The molecule has 0 saturated heterocycles. The molecule has 0 aliphatic rings. The van der Waals surface area contributed by atoms with Crippen molar-refractivity contribution in [1.82, 2.24) is 5.32 Å². The number of carbonyl (C=O) groups is 1. The van der Waals surface area contributed by atoms with Crippen LogP contribution < -0.4 is 14.4 Å². The number of carbonyl (C=O) groups excluding carboxylic acids is 1. The Bertz CT molecular complexity index is 893. The third kappa shape index (κ3) is 5.25. The summed E-state index contributed by atoms with van der Waals surface area (Å²) >= 11 is 0. The molecule has 2 atom stereocenters. The molecule has 6 nitrogen and oxygen atoms in total. The highest BCUT2D eigenvalue weighted by molar-refractivity contribution is 7.92. The molecule has 0 aliphatic heterocycles. The Hall–Kier alpha value is -2.54. The second-order valence-corrected chi connectivity index (χ2v) is 8.62. The number of benzene rings is 2. The largest absolute Gasteiger partial charge is 0.497 e. The molecule has 0 bridgehead atoms. The normalized spacial score (nSPS) is 13.5. The van der Waals surface area contributed by atoms with Gasteiger partial charge in [0, 0.05) is 0 Å². The lowest BCUT2D eigenvalue weighted by Crippen LogP contribution is -2.48. The molecule has 0 radical (unpaired) electrons. The van der Waals surface area contributed by atoms with E-state index in [-0.39, 0.29) is 11.9 Å². The molecule has 0 heterocycles. The minimum Gasteiger partial charge on any atom is -0.497 e. The maximum Gasteiger partial charge on any atom is 0.244 e. The zero-order valence-electron chi connectivity index (χ0n) is 17.0. The van der Waals surface area contributed by atoms with Gasteiger partial charge in [0.2, 0.25) is 15.9 Å². The van der Waals surface area contributed by atoms with Crippen LogP contribution in [-0.2, 0) is 21.2 Å². The number of ether oxygens (including phenoxy) is 1. The number of hydrogen-bond donors (Lipinski definition) is 1. The van der Waals surface area contributed by atoms with Gasteiger partial charge < -0.3 is 10.1 Å². The first-order valence-corrected chi connectivity index (χ1v) is 11.0. The van der Waals surface area contributed by atoms with Gasteiger partial charge in [0.25, 0.3) is 0 Å². The van der Waals surface area contributed by atoms with E-state index in [2.05, 4.69) is 12.2 Å². The number of nitrogens with one attached hydrogen (secondary N) is 1. The number of aryl methyl sites for hydroxylation is 1. The van der Waals surface area contributed by atoms with Crippen molar-refractivity contribution < 1.29 is 17.9 Å². The molecule has 0 aromatic heterocycles. The molecule has 2 rings (SSSR count). The van der Waals surface area contributed by atoms with Crippen LogP contribution in [-0.4, -0.2) is 33.7 Å². The maximum absolute atomic E-state index is 12.8. The Morgan fingerprint density at radius 2 is 1.64 bits per heavy atom. The van der Waals surface area contributed by atoms with Crippen LogP contribution in [0.3, 0.4) is 0 Å². The van der Waals surface area contributed by atoms with E-state index in [0.717, 1.165) is 22.5 Å². The second kappa shape index (κ2) is 9.10. The van der Waals surface area contributed by atoms with E-state index in [4.69, 9.17) is 4.74 Å². The van der Waals surface area contributed by atoms with Crippen molar-refractivity contribution in [2.75, 3.05) is 17.7 Å². The topological polar surface area (TPSA) is 75.7 Å². The van der Waals surface area contributed by atoms with Gasteiger partial charge in [-0.2, -0.15) is 0 Å². The minimum atomic E-state index is -3.66. The Labute approximate surface area is 167 Å². The van der Waals surface area contributed by atoms with Crippen molar-refractivity contribution >= 4 is 21.6 Å². The molecule has 2 aromatic carbocycles. The van der Waals surface area contributed by atoms with Gasteiger partial charge in [0.1, 0.15) is 11.8 Å². The first-order chi connectivity index (χ1) is 13.2. The van der Waals surface area contributed by atoms with E-state index < -0.39 is 16.1 Å². The fourth-order valence-electron chi connectivity index (χ4n) is 3.00. The SMILES string of the molecule is CCc1ccc([C@@H](C)NC(=O)[C@H](C)N(c2ccc(OC)cc2)S(C)(=O)=O)cc1. The zero-order chi connectivity index (χ0) is 20.9. The van der Waals surface area contributed by atoms with Crippen molar-refractivity contribution in [2.24, 2.45) is 0 Å². The summed E-state index contributed by atoms with van der Waals surface area (Å²) in [4.78, 5) is 12.8. The highest BCUT2D eigenvalue weighted by Crippen LogP contribution is 2.24. The zero-order valence-corrected chi connectivity index (χ0v) is 17.8. The molecule has 2 aromatic rings. The fourth-order valence-corrected chi connectivity index (χ4v) is 4.17. The van der Waals surface area contributed by atoms with Gasteiger partial charge in [-0.05, 0) is 55.7 Å². The number of amides is 1. The van der Waals surface area contributed by atoms with Crippen molar-refractivity contribution in [3.8, 4) is 5.75 Å². The van der Waals surface area contributed by atoms with Gasteiger partial charge in [-0.3, -0.25) is 9.10 Å². The van der Waals surface area contributed by atoms with Gasteiger partial charge in [-0.25, -0.2) is 8.42 Å². The van der Waals surface area contributed by atoms with E-state index in [1.807, 2.05) is 31.2 Å². The van der Waals surface area contributed by atoms with Crippen LogP contribution >= 0.6 is 0 Å². The number of nitrogens with zero attached hydrogens (tertiary/aromatic N) is 1. The summed E-state index contributed by atoms with van der Waals surface area (Å²) in [5, 5.41) is 2.91. The molecular weight excluding hydrogens is 376 g/mol. The predicted octanol–water partition coefficient (Wildman–Crippen LogP) is 3.29. The maximum atomic E-state index is 12.8. The van der Waals surface area contributed by atoms with Crippen molar-refractivity contribution in [3.05, 3.63) is 59.7 Å². The third-order valence-corrected chi connectivity index (χ3v) is 5.90. The van der Waals surface area contributed by atoms with Gasteiger partial charge >= 0.3 is 0 Å². The van der Waals surface area contributed by atoms with E-state index in [1.54, 1.807) is 31.2 Å².